The summed E-state index contributed by atoms with van der Waals surface area (Å²) in [5.74, 6) is 0.699. The van der Waals surface area contributed by atoms with E-state index in [1.165, 1.54) is 16.7 Å². The molecule has 2 rings (SSSR count). The monoisotopic (exact) mass is 346 g/mol. The molecule has 1 heterocycles. The van der Waals surface area contributed by atoms with E-state index >= 15 is 0 Å². The average Bonchev–Trinajstić information content (AvgIpc) is 3.07. The molecule has 0 atom stereocenters. The molecule has 9 heteroatoms. The van der Waals surface area contributed by atoms with Gasteiger partial charge < -0.3 is 9.64 Å². The van der Waals surface area contributed by atoms with Crippen LogP contribution in [0.25, 0.3) is 5.69 Å². The SMILES string of the molecule is COc1ccc(-n2nnnc2SCC(=O)N(C)C(C)(C)C#N)cc1. The molecule has 1 aromatic carbocycles. The minimum atomic E-state index is -0.862. The van der Waals surface area contributed by atoms with E-state index in [1.807, 2.05) is 12.1 Å². The minimum absolute atomic E-state index is 0.137. The van der Waals surface area contributed by atoms with Crippen molar-refractivity contribution in [1.82, 2.24) is 25.1 Å². The summed E-state index contributed by atoms with van der Waals surface area (Å²) in [6, 6.07) is 9.36. The number of ether oxygens (including phenoxy) is 1. The van der Waals surface area contributed by atoms with Gasteiger partial charge in [0.1, 0.15) is 11.3 Å². The van der Waals surface area contributed by atoms with Crippen LogP contribution in [0, 0.1) is 11.3 Å². The van der Waals surface area contributed by atoms with Crippen molar-refractivity contribution in [3.8, 4) is 17.5 Å². The number of rotatable bonds is 6. The predicted octanol–water partition coefficient (Wildman–Crippen LogP) is 1.52. The number of tetrazole rings is 1. The third-order valence-corrected chi connectivity index (χ3v) is 4.47. The van der Waals surface area contributed by atoms with Crippen molar-refractivity contribution in [2.75, 3.05) is 19.9 Å². The molecule has 1 amide bonds. The standard InChI is InChI=1S/C15H18N6O2S/c1-15(2,10-16)20(3)13(22)9-24-14-17-18-19-21(14)11-5-7-12(23-4)8-6-11/h5-8H,9H2,1-4H3. The fourth-order valence-electron chi connectivity index (χ4n) is 1.76. The lowest BCUT2D eigenvalue weighted by Crippen LogP contribution is -2.44. The summed E-state index contributed by atoms with van der Waals surface area (Å²) >= 11 is 1.22. The third kappa shape index (κ3) is 3.83. The smallest absolute Gasteiger partial charge is 0.234 e. The highest BCUT2D eigenvalue weighted by Crippen LogP contribution is 2.21. The normalized spacial score (nSPS) is 11.0. The summed E-state index contributed by atoms with van der Waals surface area (Å²) in [5, 5.41) is 21.2. The van der Waals surface area contributed by atoms with Crippen molar-refractivity contribution in [2.24, 2.45) is 0 Å². The number of carbonyl (C=O) groups excluding carboxylic acids is 1. The Labute approximate surface area is 144 Å². The summed E-state index contributed by atoms with van der Waals surface area (Å²) in [4.78, 5) is 13.7. The maximum absolute atomic E-state index is 12.2. The lowest BCUT2D eigenvalue weighted by molar-refractivity contribution is -0.130. The summed E-state index contributed by atoms with van der Waals surface area (Å²) in [6.45, 7) is 3.38. The van der Waals surface area contributed by atoms with Crippen molar-refractivity contribution in [3.05, 3.63) is 24.3 Å². The van der Waals surface area contributed by atoms with E-state index in [2.05, 4.69) is 21.6 Å². The highest BCUT2D eigenvalue weighted by Gasteiger charge is 2.27. The number of methoxy groups -OCH3 is 1. The van der Waals surface area contributed by atoms with Crippen LogP contribution in [0.5, 0.6) is 5.75 Å². The topological polar surface area (TPSA) is 96.9 Å². The Hall–Kier alpha value is -2.60. The summed E-state index contributed by atoms with van der Waals surface area (Å²) in [7, 11) is 3.21. The highest BCUT2D eigenvalue weighted by atomic mass is 32.2. The van der Waals surface area contributed by atoms with Crippen LogP contribution in [0.1, 0.15) is 13.8 Å². The molecule has 1 aromatic heterocycles. The van der Waals surface area contributed by atoms with Gasteiger partial charge in [0.2, 0.25) is 11.1 Å². The lowest BCUT2D eigenvalue weighted by Gasteiger charge is -2.28. The van der Waals surface area contributed by atoms with Crippen molar-refractivity contribution in [3.63, 3.8) is 0 Å². The Morgan fingerprint density at radius 3 is 2.67 bits per heavy atom. The molecule has 0 saturated carbocycles. The van der Waals surface area contributed by atoms with Crippen LogP contribution in [-0.2, 0) is 4.79 Å². The quantitative estimate of drug-likeness (QED) is 0.732. The second-order valence-electron chi connectivity index (χ2n) is 5.48. The van der Waals surface area contributed by atoms with E-state index in [0.717, 1.165) is 11.4 Å². The Bertz CT molecular complexity index is 750. The van der Waals surface area contributed by atoms with Gasteiger partial charge in [-0.25, -0.2) is 0 Å². The zero-order valence-electron chi connectivity index (χ0n) is 13.9. The first-order chi connectivity index (χ1) is 11.4. The molecule has 0 saturated heterocycles. The number of aromatic nitrogens is 4. The van der Waals surface area contributed by atoms with Gasteiger partial charge >= 0.3 is 0 Å². The molecule has 0 aliphatic heterocycles. The summed E-state index contributed by atoms with van der Waals surface area (Å²) in [5.41, 5.74) is -0.0963. The minimum Gasteiger partial charge on any atom is -0.497 e. The van der Waals surface area contributed by atoms with Gasteiger partial charge in [-0.3, -0.25) is 4.79 Å². The van der Waals surface area contributed by atoms with Gasteiger partial charge in [-0.1, -0.05) is 11.8 Å². The molecule has 2 aromatic rings. The van der Waals surface area contributed by atoms with Crippen molar-refractivity contribution >= 4 is 17.7 Å². The number of thioether (sulfide) groups is 1. The Morgan fingerprint density at radius 1 is 1.42 bits per heavy atom. The van der Waals surface area contributed by atoms with E-state index < -0.39 is 5.54 Å². The molecule has 0 radical (unpaired) electrons. The molecule has 8 nitrogen and oxygen atoms in total. The third-order valence-electron chi connectivity index (χ3n) is 3.57. The second kappa shape index (κ2) is 7.31. The molecule has 0 aliphatic carbocycles. The van der Waals surface area contributed by atoms with Crippen molar-refractivity contribution < 1.29 is 9.53 Å². The number of nitrogens with zero attached hydrogens (tertiary/aromatic N) is 6. The number of hydrogen-bond acceptors (Lipinski definition) is 7. The zero-order chi connectivity index (χ0) is 17.7. The van der Waals surface area contributed by atoms with Gasteiger partial charge in [-0.05, 0) is 48.5 Å². The molecular formula is C15H18N6O2S. The van der Waals surface area contributed by atoms with E-state index in [9.17, 15) is 4.79 Å². The van der Waals surface area contributed by atoms with Crippen LogP contribution >= 0.6 is 11.8 Å². The molecule has 0 N–H and O–H groups in total. The number of amides is 1. The zero-order valence-corrected chi connectivity index (χ0v) is 14.7. The van der Waals surface area contributed by atoms with Crippen LogP contribution in [-0.4, -0.2) is 56.5 Å². The van der Waals surface area contributed by atoms with Gasteiger partial charge in [0.05, 0.1) is 24.6 Å². The Kier molecular flexibility index (Phi) is 5.41. The highest BCUT2D eigenvalue weighted by molar-refractivity contribution is 7.99. The molecule has 0 spiro atoms. The van der Waals surface area contributed by atoms with Gasteiger partial charge in [0.15, 0.2) is 0 Å². The lowest BCUT2D eigenvalue weighted by atomic mass is 10.1. The predicted molar refractivity (Wildman–Crippen MR) is 88.9 cm³/mol. The van der Waals surface area contributed by atoms with Crippen LogP contribution in [0.4, 0.5) is 0 Å². The molecular weight excluding hydrogens is 328 g/mol. The van der Waals surface area contributed by atoms with Crippen molar-refractivity contribution in [1.29, 1.82) is 5.26 Å². The van der Waals surface area contributed by atoms with Gasteiger partial charge in [0.25, 0.3) is 0 Å². The summed E-state index contributed by atoms with van der Waals surface area (Å²) in [6.07, 6.45) is 0. The first-order valence-electron chi connectivity index (χ1n) is 7.12. The van der Waals surface area contributed by atoms with E-state index in [1.54, 1.807) is 44.8 Å². The van der Waals surface area contributed by atoms with Crippen LogP contribution in [0.3, 0.4) is 0 Å². The number of nitriles is 1. The second-order valence-corrected chi connectivity index (χ2v) is 6.43. The molecule has 0 bridgehead atoms. The molecule has 126 valence electrons. The molecule has 0 fully saturated rings. The van der Waals surface area contributed by atoms with Gasteiger partial charge in [-0.2, -0.15) is 9.94 Å². The Morgan fingerprint density at radius 2 is 2.08 bits per heavy atom. The van der Waals surface area contributed by atoms with E-state index in [-0.39, 0.29) is 11.7 Å². The molecule has 24 heavy (non-hydrogen) atoms. The number of benzene rings is 1. The maximum atomic E-state index is 12.2. The first kappa shape index (κ1) is 17.7. The Balaban J connectivity index is 2.08. The molecule has 0 aliphatic rings. The van der Waals surface area contributed by atoms with Gasteiger partial charge in [-0.15, -0.1) is 5.10 Å². The fraction of sp³-hybridized carbons (Fsp3) is 0.400. The van der Waals surface area contributed by atoms with E-state index in [4.69, 9.17) is 10.00 Å². The van der Waals surface area contributed by atoms with Crippen molar-refractivity contribution in [2.45, 2.75) is 24.5 Å². The largest absolute Gasteiger partial charge is 0.497 e. The van der Waals surface area contributed by atoms with E-state index in [0.29, 0.717) is 5.16 Å². The average molecular weight is 346 g/mol. The fourth-order valence-corrected chi connectivity index (χ4v) is 2.57. The maximum Gasteiger partial charge on any atom is 0.234 e. The van der Waals surface area contributed by atoms with Crippen LogP contribution in [0.2, 0.25) is 0 Å². The number of carbonyl (C=O) groups is 1. The van der Waals surface area contributed by atoms with Crippen LogP contribution < -0.4 is 4.74 Å². The number of hydrogen-bond donors (Lipinski definition) is 0. The summed E-state index contributed by atoms with van der Waals surface area (Å²) < 4.78 is 6.67. The van der Waals surface area contributed by atoms with Gasteiger partial charge in [0, 0.05) is 7.05 Å². The first-order valence-corrected chi connectivity index (χ1v) is 8.11. The van der Waals surface area contributed by atoms with Crippen LogP contribution in [0.15, 0.2) is 29.4 Å². The molecule has 0 unspecified atom stereocenters.